The van der Waals surface area contributed by atoms with Crippen LogP contribution < -0.4 is 5.32 Å². The summed E-state index contributed by atoms with van der Waals surface area (Å²) in [6, 6.07) is 9.31. The Bertz CT molecular complexity index is 1460. The highest BCUT2D eigenvalue weighted by atomic mass is 35.5. The van der Waals surface area contributed by atoms with Crippen LogP contribution in [0.2, 0.25) is 5.02 Å². The number of H-pyrrole nitrogens is 1. The standard InChI is InChI=1S/C22H24ClN3O5S2/c1-13-8-14(2)10-17(9-13)33(30,31)21-18-11-15(23)4-5-19(18)25-20(21)22(27)24-16-6-7-26(12-16)32(3,28)29/h4-5,8-11,16,25H,6-7,12H2,1-3H3,(H,24,27)/t16-/m1/s1. The molecular formula is C22H24ClN3O5S2. The third-order valence-corrected chi connectivity index (χ3v) is 8.99. The SMILES string of the molecule is Cc1cc(C)cc(S(=O)(=O)c2c(C(=O)N[C@@H]3CCN(S(C)(=O)=O)C3)[nH]c3ccc(Cl)cc23)c1. The summed E-state index contributed by atoms with van der Waals surface area (Å²) in [7, 11) is -7.46. The van der Waals surface area contributed by atoms with E-state index in [4.69, 9.17) is 11.6 Å². The van der Waals surface area contributed by atoms with E-state index in [-0.39, 0.29) is 22.0 Å². The smallest absolute Gasteiger partial charge is 0.269 e. The summed E-state index contributed by atoms with van der Waals surface area (Å²) < 4.78 is 52.4. The van der Waals surface area contributed by atoms with E-state index in [0.29, 0.717) is 28.9 Å². The maximum atomic E-state index is 13.7. The number of carbonyl (C=O) groups is 1. The molecule has 0 unspecified atom stereocenters. The number of aromatic nitrogens is 1. The summed E-state index contributed by atoms with van der Waals surface area (Å²) in [5, 5.41) is 3.44. The maximum absolute atomic E-state index is 13.7. The lowest BCUT2D eigenvalue weighted by Crippen LogP contribution is -2.38. The summed E-state index contributed by atoms with van der Waals surface area (Å²) >= 11 is 6.15. The van der Waals surface area contributed by atoms with Gasteiger partial charge in [-0.15, -0.1) is 0 Å². The fourth-order valence-electron chi connectivity index (χ4n) is 4.19. The van der Waals surface area contributed by atoms with E-state index >= 15 is 0 Å². The number of hydrogen-bond acceptors (Lipinski definition) is 5. The van der Waals surface area contributed by atoms with Crippen molar-refractivity contribution in [2.24, 2.45) is 0 Å². The van der Waals surface area contributed by atoms with Crippen LogP contribution in [0.1, 0.15) is 28.0 Å². The topological polar surface area (TPSA) is 116 Å². The van der Waals surface area contributed by atoms with Gasteiger partial charge in [-0.2, -0.15) is 0 Å². The molecule has 33 heavy (non-hydrogen) atoms. The molecule has 1 saturated heterocycles. The summed E-state index contributed by atoms with van der Waals surface area (Å²) in [4.78, 5) is 16.1. The van der Waals surface area contributed by atoms with E-state index in [1.807, 2.05) is 6.07 Å². The highest BCUT2D eigenvalue weighted by Crippen LogP contribution is 2.34. The third kappa shape index (κ3) is 4.65. The molecule has 0 bridgehead atoms. The highest BCUT2D eigenvalue weighted by Gasteiger charge is 2.33. The van der Waals surface area contributed by atoms with Gasteiger partial charge in [-0.3, -0.25) is 4.79 Å². The Hall–Kier alpha value is -2.40. The molecule has 4 rings (SSSR count). The van der Waals surface area contributed by atoms with Crippen LogP contribution in [-0.4, -0.2) is 57.4 Å². The van der Waals surface area contributed by atoms with Crippen molar-refractivity contribution in [2.45, 2.75) is 36.1 Å². The van der Waals surface area contributed by atoms with Gasteiger partial charge in [0.05, 0.1) is 11.2 Å². The van der Waals surface area contributed by atoms with Crippen molar-refractivity contribution in [3.63, 3.8) is 0 Å². The van der Waals surface area contributed by atoms with Gasteiger partial charge in [-0.05, 0) is 61.7 Å². The molecule has 176 valence electrons. The zero-order valence-corrected chi connectivity index (χ0v) is 20.7. The van der Waals surface area contributed by atoms with Crippen LogP contribution in [0.4, 0.5) is 0 Å². The summed E-state index contributed by atoms with van der Waals surface area (Å²) in [6.07, 6.45) is 1.55. The molecule has 1 amide bonds. The zero-order valence-electron chi connectivity index (χ0n) is 18.3. The largest absolute Gasteiger partial charge is 0.349 e. The maximum Gasteiger partial charge on any atom is 0.269 e. The molecule has 2 heterocycles. The van der Waals surface area contributed by atoms with E-state index in [9.17, 15) is 21.6 Å². The molecule has 8 nitrogen and oxygen atoms in total. The van der Waals surface area contributed by atoms with Crippen molar-refractivity contribution in [3.8, 4) is 0 Å². The normalized spacial score (nSPS) is 17.5. The minimum atomic E-state index is -4.08. The molecular weight excluding hydrogens is 486 g/mol. The predicted molar refractivity (Wildman–Crippen MR) is 127 cm³/mol. The van der Waals surface area contributed by atoms with Crippen LogP contribution in [-0.2, 0) is 19.9 Å². The molecule has 1 aliphatic rings. The second kappa shape index (κ2) is 8.43. The Morgan fingerprint density at radius 1 is 1.09 bits per heavy atom. The molecule has 1 atom stereocenters. The number of aryl methyl sites for hydroxylation is 2. The Morgan fingerprint density at radius 2 is 1.76 bits per heavy atom. The fourth-order valence-corrected chi connectivity index (χ4v) is 7.04. The molecule has 11 heteroatoms. The van der Waals surface area contributed by atoms with Crippen molar-refractivity contribution in [1.29, 1.82) is 0 Å². The molecule has 2 aromatic carbocycles. The number of rotatable bonds is 5. The van der Waals surface area contributed by atoms with Crippen molar-refractivity contribution in [2.75, 3.05) is 19.3 Å². The van der Waals surface area contributed by atoms with Crippen molar-refractivity contribution in [3.05, 3.63) is 58.2 Å². The van der Waals surface area contributed by atoms with Crippen molar-refractivity contribution in [1.82, 2.24) is 14.6 Å². The number of nitrogens with one attached hydrogen (secondary N) is 2. The average molecular weight is 510 g/mol. The van der Waals surface area contributed by atoms with Crippen LogP contribution in [0.5, 0.6) is 0 Å². The molecule has 0 saturated carbocycles. The molecule has 2 N–H and O–H groups in total. The minimum Gasteiger partial charge on any atom is -0.349 e. The minimum absolute atomic E-state index is 0.0824. The molecule has 1 aromatic heterocycles. The number of amides is 1. The van der Waals surface area contributed by atoms with Gasteiger partial charge in [-0.1, -0.05) is 17.7 Å². The second-order valence-electron chi connectivity index (χ2n) is 8.43. The Morgan fingerprint density at radius 3 is 2.36 bits per heavy atom. The Balaban J connectivity index is 1.80. The summed E-state index contributed by atoms with van der Waals surface area (Å²) in [6.45, 7) is 4.04. The predicted octanol–water partition coefficient (Wildman–Crippen LogP) is 3.03. The highest BCUT2D eigenvalue weighted by molar-refractivity contribution is 7.91. The van der Waals surface area contributed by atoms with Gasteiger partial charge in [0.2, 0.25) is 19.9 Å². The first-order chi connectivity index (χ1) is 15.4. The van der Waals surface area contributed by atoms with Crippen LogP contribution in [0.15, 0.2) is 46.2 Å². The lowest BCUT2D eigenvalue weighted by Gasteiger charge is -2.15. The van der Waals surface area contributed by atoms with Gasteiger partial charge < -0.3 is 10.3 Å². The number of carbonyl (C=O) groups excluding carboxylic acids is 1. The zero-order chi connectivity index (χ0) is 24.1. The number of hydrogen-bond donors (Lipinski definition) is 2. The molecule has 0 aliphatic carbocycles. The number of fused-ring (bicyclic) bond motifs is 1. The van der Waals surface area contributed by atoms with Crippen LogP contribution in [0.3, 0.4) is 0 Å². The van der Waals surface area contributed by atoms with Crippen LogP contribution in [0, 0.1) is 13.8 Å². The average Bonchev–Trinajstić information content (AvgIpc) is 3.31. The third-order valence-electron chi connectivity index (χ3n) is 5.67. The number of sulfone groups is 1. The van der Waals surface area contributed by atoms with Gasteiger partial charge in [0.25, 0.3) is 5.91 Å². The van der Waals surface area contributed by atoms with E-state index < -0.39 is 31.8 Å². The van der Waals surface area contributed by atoms with Gasteiger partial charge >= 0.3 is 0 Å². The van der Waals surface area contributed by atoms with Gasteiger partial charge in [0.1, 0.15) is 10.6 Å². The lowest BCUT2D eigenvalue weighted by molar-refractivity contribution is 0.0931. The summed E-state index contributed by atoms with van der Waals surface area (Å²) in [5.41, 5.74) is 1.91. The van der Waals surface area contributed by atoms with E-state index in [1.54, 1.807) is 38.1 Å². The first-order valence-electron chi connectivity index (χ1n) is 10.3. The number of aromatic amines is 1. The van der Waals surface area contributed by atoms with E-state index in [1.165, 1.54) is 10.4 Å². The first kappa shape index (κ1) is 23.7. The molecule has 0 radical (unpaired) electrons. The van der Waals surface area contributed by atoms with Gasteiger partial charge in [0.15, 0.2) is 0 Å². The number of halogens is 1. The number of sulfonamides is 1. The van der Waals surface area contributed by atoms with E-state index in [2.05, 4.69) is 10.3 Å². The molecule has 1 fully saturated rings. The van der Waals surface area contributed by atoms with Gasteiger partial charge in [-0.25, -0.2) is 21.1 Å². The van der Waals surface area contributed by atoms with Crippen LogP contribution in [0.25, 0.3) is 10.9 Å². The lowest BCUT2D eigenvalue weighted by atomic mass is 10.2. The molecule has 0 spiro atoms. The number of benzene rings is 2. The monoisotopic (exact) mass is 509 g/mol. The molecule has 3 aromatic rings. The first-order valence-corrected chi connectivity index (χ1v) is 14.0. The Kier molecular flexibility index (Phi) is 6.06. The fraction of sp³-hybridized carbons (Fsp3) is 0.318. The number of nitrogens with zero attached hydrogens (tertiary/aromatic N) is 1. The van der Waals surface area contributed by atoms with Gasteiger partial charge in [0, 0.05) is 35.1 Å². The van der Waals surface area contributed by atoms with Crippen molar-refractivity contribution >= 4 is 48.3 Å². The molecule has 1 aliphatic heterocycles. The van der Waals surface area contributed by atoms with Crippen LogP contribution >= 0.6 is 11.6 Å². The summed E-state index contributed by atoms with van der Waals surface area (Å²) in [5.74, 6) is -0.620. The second-order valence-corrected chi connectivity index (χ2v) is 12.7. The Labute approximate surface area is 197 Å². The van der Waals surface area contributed by atoms with E-state index in [0.717, 1.165) is 17.4 Å². The van der Waals surface area contributed by atoms with Crippen molar-refractivity contribution < 1.29 is 21.6 Å². The quantitative estimate of drug-likeness (QED) is 0.548.